The molecule has 3 N–H and O–H groups in total. The lowest BCUT2D eigenvalue weighted by Gasteiger charge is -2.16. The zero-order valence-corrected chi connectivity index (χ0v) is 14.0. The lowest BCUT2D eigenvalue weighted by Crippen LogP contribution is -2.27. The SMILES string of the molecule is O=C(Nc1ccc2[nH]c(CO)cc2c1)C1(c2ccc3c(c2)OCO3)CC1.[HH]. The van der Waals surface area contributed by atoms with E-state index in [0.717, 1.165) is 46.4 Å². The summed E-state index contributed by atoms with van der Waals surface area (Å²) in [6.07, 6.45) is 1.64. The lowest BCUT2D eigenvalue weighted by atomic mass is 9.94. The molecule has 1 aliphatic heterocycles. The van der Waals surface area contributed by atoms with Crippen LogP contribution in [0.5, 0.6) is 11.5 Å². The number of hydrogen-bond donors (Lipinski definition) is 3. The first kappa shape index (κ1) is 15.3. The fourth-order valence-electron chi connectivity index (χ4n) is 3.57. The van der Waals surface area contributed by atoms with Crippen molar-refractivity contribution in [2.75, 3.05) is 12.1 Å². The van der Waals surface area contributed by atoms with Crippen LogP contribution in [0.15, 0.2) is 42.5 Å². The molecule has 1 fully saturated rings. The molecule has 0 radical (unpaired) electrons. The molecule has 0 bridgehead atoms. The molecule has 2 heterocycles. The molecule has 6 nitrogen and oxygen atoms in total. The number of carbonyl (C=O) groups is 1. The average molecular weight is 352 g/mol. The van der Waals surface area contributed by atoms with Gasteiger partial charge in [-0.25, -0.2) is 0 Å². The minimum absolute atomic E-state index is 0. The van der Waals surface area contributed by atoms with E-state index in [9.17, 15) is 9.90 Å². The molecule has 134 valence electrons. The molecule has 26 heavy (non-hydrogen) atoms. The molecule has 5 rings (SSSR count). The predicted molar refractivity (Wildman–Crippen MR) is 98.4 cm³/mol. The lowest BCUT2D eigenvalue weighted by molar-refractivity contribution is -0.118. The summed E-state index contributed by atoms with van der Waals surface area (Å²) in [6.45, 7) is 0.189. The second kappa shape index (κ2) is 5.51. The number of H-pyrrole nitrogens is 1. The Morgan fingerprint density at radius 3 is 2.81 bits per heavy atom. The maximum absolute atomic E-state index is 13.0. The van der Waals surface area contributed by atoms with Crippen molar-refractivity contribution < 1.29 is 20.8 Å². The summed E-state index contributed by atoms with van der Waals surface area (Å²) in [5.41, 5.74) is 2.90. The van der Waals surface area contributed by atoms with Gasteiger partial charge in [0.2, 0.25) is 12.7 Å². The molecular weight excluding hydrogens is 332 g/mol. The Hall–Kier alpha value is -2.99. The van der Waals surface area contributed by atoms with Gasteiger partial charge in [-0.15, -0.1) is 0 Å². The minimum atomic E-state index is -0.496. The monoisotopic (exact) mass is 352 g/mol. The summed E-state index contributed by atoms with van der Waals surface area (Å²) in [7, 11) is 0. The van der Waals surface area contributed by atoms with Gasteiger partial charge in [-0.05, 0) is 54.8 Å². The van der Waals surface area contributed by atoms with Gasteiger partial charge in [0.1, 0.15) is 0 Å². The zero-order chi connectivity index (χ0) is 17.7. The van der Waals surface area contributed by atoms with E-state index in [4.69, 9.17) is 9.47 Å². The molecule has 0 unspecified atom stereocenters. The van der Waals surface area contributed by atoms with Gasteiger partial charge < -0.3 is 24.9 Å². The Balaban J connectivity index is 0.00000180. The second-order valence-electron chi connectivity index (χ2n) is 6.86. The smallest absolute Gasteiger partial charge is 0.235 e. The maximum Gasteiger partial charge on any atom is 0.235 e. The molecule has 1 aromatic heterocycles. The topological polar surface area (TPSA) is 83.6 Å². The van der Waals surface area contributed by atoms with Crippen LogP contribution in [0.1, 0.15) is 25.5 Å². The van der Waals surface area contributed by atoms with E-state index in [-0.39, 0.29) is 20.7 Å². The highest BCUT2D eigenvalue weighted by atomic mass is 16.7. The van der Waals surface area contributed by atoms with Crippen LogP contribution >= 0.6 is 0 Å². The van der Waals surface area contributed by atoms with Crippen molar-refractivity contribution in [1.82, 2.24) is 4.98 Å². The minimum Gasteiger partial charge on any atom is -0.454 e. The number of carbonyl (C=O) groups excluding carboxylic acids is 1. The highest BCUT2D eigenvalue weighted by Gasteiger charge is 2.51. The van der Waals surface area contributed by atoms with Gasteiger partial charge >= 0.3 is 0 Å². The molecule has 0 atom stereocenters. The highest BCUT2D eigenvalue weighted by molar-refractivity contribution is 6.02. The number of rotatable bonds is 4. The third-order valence-electron chi connectivity index (χ3n) is 5.21. The first-order valence-corrected chi connectivity index (χ1v) is 8.62. The standard InChI is InChI=1S/C20H18N2O4.H2/c23-10-15-8-12-7-14(2-3-16(12)21-15)22-19(24)20(5-6-20)13-1-4-17-18(9-13)26-11-25-17;/h1-4,7-9,21,23H,5-6,10-11H2,(H,22,24);1H. The summed E-state index contributed by atoms with van der Waals surface area (Å²) < 4.78 is 10.8. The summed E-state index contributed by atoms with van der Waals surface area (Å²) in [6, 6.07) is 13.3. The van der Waals surface area contributed by atoms with Crippen LogP contribution in [0.25, 0.3) is 10.9 Å². The van der Waals surface area contributed by atoms with Crippen molar-refractivity contribution in [3.05, 3.63) is 53.7 Å². The van der Waals surface area contributed by atoms with E-state index in [0.29, 0.717) is 5.75 Å². The molecule has 2 aromatic carbocycles. The molecule has 2 aliphatic rings. The number of anilines is 1. The van der Waals surface area contributed by atoms with E-state index < -0.39 is 5.41 Å². The Bertz CT molecular complexity index is 1030. The van der Waals surface area contributed by atoms with Crippen LogP contribution in [-0.2, 0) is 16.8 Å². The van der Waals surface area contributed by atoms with Gasteiger partial charge in [0.25, 0.3) is 0 Å². The van der Waals surface area contributed by atoms with Gasteiger partial charge in [0.05, 0.1) is 12.0 Å². The fourth-order valence-corrected chi connectivity index (χ4v) is 3.57. The fraction of sp³-hybridized carbons (Fsp3) is 0.250. The van der Waals surface area contributed by atoms with Crippen LogP contribution in [-0.4, -0.2) is 22.8 Å². The Kier molecular flexibility index (Phi) is 3.24. The Labute approximate surface area is 151 Å². The number of aliphatic hydroxyl groups is 1. The van der Waals surface area contributed by atoms with Crippen molar-refractivity contribution in [2.45, 2.75) is 24.9 Å². The number of fused-ring (bicyclic) bond motifs is 2. The number of aromatic nitrogens is 1. The van der Waals surface area contributed by atoms with Gasteiger partial charge in [0.15, 0.2) is 11.5 Å². The van der Waals surface area contributed by atoms with Gasteiger partial charge in [-0.3, -0.25) is 4.79 Å². The molecule has 0 spiro atoms. The molecule has 1 amide bonds. The first-order valence-electron chi connectivity index (χ1n) is 8.62. The molecule has 6 heteroatoms. The van der Waals surface area contributed by atoms with Gasteiger partial charge in [-0.1, -0.05) is 6.07 Å². The second-order valence-corrected chi connectivity index (χ2v) is 6.86. The normalized spacial score (nSPS) is 16.7. The van der Waals surface area contributed by atoms with Crippen LogP contribution in [0.4, 0.5) is 5.69 Å². The number of hydrogen-bond acceptors (Lipinski definition) is 4. The first-order chi connectivity index (χ1) is 12.7. The van der Waals surface area contributed by atoms with Crippen LogP contribution in [0.3, 0.4) is 0 Å². The predicted octanol–water partition coefficient (Wildman–Crippen LogP) is 3.31. The van der Waals surface area contributed by atoms with Gasteiger partial charge in [0, 0.05) is 23.7 Å². The van der Waals surface area contributed by atoms with E-state index in [1.54, 1.807) is 0 Å². The quantitative estimate of drug-likeness (QED) is 0.673. The van der Waals surface area contributed by atoms with Crippen LogP contribution in [0, 0.1) is 0 Å². The molecular formula is C20H20N2O4. The third kappa shape index (κ3) is 2.34. The van der Waals surface area contributed by atoms with Crippen molar-refractivity contribution in [3.8, 4) is 11.5 Å². The van der Waals surface area contributed by atoms with Gasteiger partial charge in [-0.2, -0.15) is 0 Å². The summed E-state index contributed by atoms with van der Waals surface area (Å²) in [4.78, 5) is 16.1. The number of benzene rings is 2. The summed E-state index contributed by atoms with van der Waals surface area (Å²) >= 11 is 0. The van der Waals surface area contributed by atoms with Crippen LogP contribution < -0.4 is 14.8 Å². The van der Waals surface area contributed by atoms with Crippen molar-refractivity contribution in [2.24, 2.45) is 0 Å². The van der Waals surface area contributed by atoms with Crippen molar-refractivity contribution in [3.63, 3.8) is 0 Å². The number of aliphatic hydroxyl groups excluding tert-OH is 1. The average Bonchev–Trinajstić information content (AvgIpc) is 3.16. The highest BCUT2D eigenvalue weighted by Crippen LogP contribution is 2.51. The zero-order valence-electron chi connectivity index (χ0n) is 14.0. The molecule has 3 aromatic rings. The molecule has 1 aliphatic carbocycles. The number of aromatic amines is 1. The van der Waals surface area contributed by atoms with E-state index in [2.05, 4.69) is 10.3 Å². The van der Waals surface area contributed by atoms with E-state index in [1.807, 2.05) is 42.5 Å². The number of nitrogens with one attached hydrogen (secondary N) is 2. The van der Waals surface area contributed by atoms with Crippen molar-refractivity contribution >= 4 is 22.5 Å². The van der Waals surface area contributed by atoms with Crippen LogP contribution in [0.2, 0.25) is 0 Å². The molecule has 1 saturated carbocycles. The van der Waals surface area contributed by atoms with E-state index in [1.165, 1.54) is 0 Å². The summed E-state index contributed by atoms with van der Waals surface area (Å²) in [5.74, 6) is 1.42. The molecule has 0 saturated heterocycles. The third-order valence-corrected chi connectivity index (χ3v) is 5.21. The van der Waals surface area contributed by atoms with E-state index >= 15 is 0 Å². The van der Waals surface area contributed by atoms with Crippen molar-refractivity contribution in [1.29, 1.82) is 0 Å². The number of ether oxygens (including phenoxy) is 2. The largest absolute Gasteiger partial charge is 0.454 e. The Morgan fingerprint density at radius 1 is 1.15 bits per heavy atom. The Morgan fingerprint density at radius 2 is 2.00 bits per heavy atom. The summed E-state index contributed by atoms with van der Waals surface area (Å²) in [5, 5.41) is 13.2. The maximum atomic E-state index is 13.0. The number of amides is 1.